The molecule has 1 aromatic carbocycles. The van der Waals surface area contributed by atoms with E-state index in [2.05, 4.69) is 47.7 Å². The predicted molar refractivity (Wildman–Crippen MR) is 154 cm³/mol. The Bertz CT molecular complexity index is 1420. The Labute approximate surface area is 227 Å². The van der Waals surface area contributed by atoms with Gasteiger partial charge in [-0.1, -0.05) is 6.07 Å². The summed E-state index contributed by atoms with van der Waals surface area (Å²) in [4.78, 5) is 32.0. The standard InChI is InChI=1S/C25H32B2N8O2S/c1-37-14-3-2-13-9-24(19(28)15(13)8-14)4-6-34(7-5-24)17-10-31-18(21(29)32-17)22(36)35-11-16-20(25(26,27)12-35)33-23(30)38-16/h2-3,8,10,19H,4-7,9,11-12,26-28H2,1H3,(H2,29,32)(H2,30,33)/t19-/m1/s1. The minimum Gasteiger partial charge on any atom is -0.497 e. The Morgan fingerprint density at radius 3 is 2.68 bits per heavy atom. The number of rotatable bonds is 3. The average Bonchev–Trinajstić information content (AvgIpc) is 3.41. The van der Waals surface area contributed by atoms with Gasteiger partial charge < -0.3 is 31.7 Å². The molecule has 1 amide bonds. The van der Waals surface area contributed by atoms with Crippen LogP contribution in [0.3, 0.4) is 0 Å². The fourth-order valence-electron chi connectivity index (χ4n) is 6.43. The molecule has 0 unspecified atom stereocenters. The number of thiazole rings is 1. The lowest BCUT2D eigenvalue weighted by molar-refractivity contribution is 0.0720. The third kappa shape index (κ3) is 3.99. The molecule has 0 radical (unpaired) electrons. The number of nitrogens with two attached hydrogens (primary N) is 3. The van der Waals surface area contributed by atoms with Crippen LogP contribution in [0.1, 0.15) is 51.1 Å². The van der Waals surface area contributed by atoms with Gasteiger partial charge in [-0.2, -0.15) is 0 Å². The first-order valence-electron chi connectivity index (χ1n) is 12.9. The maximum absolute atomic E-state index is 13.4. The molecule has 1 spiro atoms. The summed E-state index contributed by atoms with van der Waals surface area (Å²) in [6.45, 7) is 2.55. The van der Waals surface area contributed by atoms with Crippen molar-refractivity contribution in [3.05, 3.63) is 51.8 Å². The van der Waals surface area contributed by atoms with E-state index < -0.39 is 0 Å². The van der Waals surface area contributed by atoms with Crippen LogP contribution in [0.5, 0.6) is 5.75 Å². The van der Waals surface area contributed by atoms with Crippen molar-refractivity contribution in [1.29, 1.82) is 0 Å². The molecule has 1 fully saturated rings. The van der Waals surface area contributed by atoms with Crippen molar-refractivity contribution in [2.45, 2.75) is 37.1 Å². The number of ether oxygens (including phenoxy) is 1. The number of amides is 1. The van der Waals surface area contributed by atoms with E-state index >= 15 is 0 Å². The molecular weight excluding hydrogens is 498 g/mol. The van der Waals surface area contributed by atoms with Crippen LogP contribution in [0.15, 0.2) is 24.4 Å². The van der Waals surface area contributed by atoms with E-state index in [1.165, 1.54) is 22.5 Å². The summed E-state index contributed by atoms with van der Waals surface area (Å²) in [5.41, 5.74) is 22.7. The van der Waals surface area contributed by atoms with Gasteiger partial charge in [0.2, 0.25) is 0 Å². The van der Waals surface area contributed by atoms with Crippen LogP contribution < -0.4 is 26.8 Å². The second-order valence-corrected chi connectivity index (χ2v) is 12.5. The monoisotopic (exact) mass is 530 g/mol. The van der Waals surface area contributed by atoms with Crippen LogP contribution in [0.2, 0.25) is 0 Å². The quantitative estimate of drug-likeness (QED) is 0.399. The molecule has 196 valence electrons. The molecule has 6 N–H and O–H groups in total. The van der Waals surface area contributed by atoms with Gasteiger partial charge in [0.15, 0.2) is 16.6 Å². The number of methoxy groups -OCH3 is 1. The Morgan fingerprint density at radius 2 is 1.97 bits per heavy atom. The fraction of sp³-hybridized carbons (Fsp3) is 0.440. The molecule has 2 aliphatic heterocycles. The van der Waals surface area contributed by atoms with E-state index in [-0.39, 0.29) is 34.1 Å². The van der Waals surface area contributed by atoms with E-state index in [1.54, 1.807) is 18.2 Å². The van der Waals surface area contributed by atoms with Gasteiger partial charge in [-0.3, -0.25) is 4.79 Å². The number of fused-ring (bicyclic) bond motifs is 2. The van der Waals surface area contributed by atoms with Crippen molar-refractivity contribution < 1.29 is 9.53 Å². The lowest BCUT2D eigenvalue weighted by atomic mass is 9.51. The van der Waals surface area contributed by atoms with E-state index in [0.29, 0.717) is 24.0 Å². The van der Waals surface area contributed by atoms with E-state index in [1.807, 2.05) is 6.07 Å². The number of nitrogen functional groups attached to an aromatic ring is 2. The van der Waals surface area contributed by atoms with Crippen LogP contribution in [0.4, 0.5) is 16.8 Å². The number of nitrogens with zero attached hydrogens (tertiary/aromatic N) is 5. The molecule has 1 saturated heterocycles. The zero-order valence-corrected chi connectivity index (χ0v) is 22.8. The van der Waals surface area contributed by atoms with Crippen LogP contribution >= 0.6 is 11.3 Å². The first-order valence-corrected chi connectivity index (χ1v) is 13.8. The molecule has 4 heterocycles. The van der Waals surface area contributed by atoms with Crippen molar-refractivity contribution in [2.24, 2.45) is 11.1 Å². The summed E-state index contributed by atoms with van der Waals surface area (Å²) in [7, 11) is 5.82. The molecule has 2 aromatic heterocycles. The highest BCUT2D eigenvalue weighted by atomic mass is 32.1. The SMILES string of the molecule is BC1(B)CN(C(=O)c2ncc(N3CCC4(CC3)Cc3ccc(OC)cc3[C@H]4N)nc2N)Cc2sc(N)nc21. The van der Waals surface area contributed by atoms with Crippen LogP contribution in [0, 0.1) is 5.41 Å². The number of carbonyl (C=O) groups is 1. The number of aromatic nitrogens is 3. The predicted octanol–water partition coefficient (Wildman–Crippen LogP) is 0.0238. The largest absolute Gasteiger partial charge is 0.497 e. The molecule has 13 heteroatoms. The van der Waals surface area contributed by atoms with Crippen molar-refractivity contribution in [3.8, 4) is 5.75 Å². The smallest absolute Gasteiger partial charge is 0.276 e. The Balaban J connectivity index is 1.15. The third-order valence-corrected chi connectivity index (χ3v) is 9.39. The summed E-state index contributed by atoms with van der Waals surface area (Å²) in [6, 6.07) is 6.22. The van der Waals surface area contributed by atoms with E-state index in [0.717, 1.165) is 48.7 Å². The number of hydrogen-bond acceptors (Lipinski definition) is 10. The Morgan fingerprint density at radius 1 is 1.21 bits per heavy atom. The van der Waals surface area contributed by atoms with Crippen molar-refractivity contribution >= 4 is 49.7 Å². The summed E-state index contributed by atoms with van der Waals surface area (Å²) in [6.07, 6.45) is 4.52. The molecule has 1 aliphatic carbocycles. The lowest BCUT2D eigenvalue weighted by Crippen LogP contribution is -2.49. The number of benzene rings is 1. The highest BCUT2D eigenvalue weighted by Crippen LogP contribution is 2.51. The molecule has 0 saturated carbocycles. The van der Waals surface area contributed by atoms with Crippen LogP contribution in [-0.4, -0.2) is 68.2 Å². The first-order chi connectivity index (χ1) is 18.1. The van der Waals surface area contributed by atoms with Gasteiger partial charge in [0, 0.05) is 30.6 Å². The summed E-state index contributed by atoms with van der Waals surface area (Å²) >= 11 is 1.42. The zero-order valence-electron chi connectivity index (χ0n) is 22.0. The van der Waals surface area contributed by atoms with Gasteiger partial charge in [-0.25, -0.2) is 15.0 Å². The third-order valence-electron chi connectivity index (χ3n) is 8.53. The van der Waals surface area contributed by atoms with Gasteiger partial charge in [-0.15, -0.1) is 11.3 Å². The molecule has 0 bridgehead atoms. The second-order valence-electron chi connectivity index (χ2n) is 11.4. The van der Waals surface area contributed by atoms with Crippen molar-refractivity contribution in [1.82, 2.24) is 19.9 Å². The number of anilines is 3. The van der Waals surface area contributed by atoms with Crippen molar-refractivity contribution in [2.75, 3.05) is 43.1 Å². The van der Waals surface area contributed by atoms with E-state index in [9.17, 15) is 4.79 Å². The maximum Gasteiger partial charge on any atom is 0.276 e. The molecular formula is C25H32B2N8O2S. The van der Waals surface area contributed by atoms with Gasteiger partial charge in [0.05, 0.1) is 25.5 Å². The molecule has 6 rings (SSSR count). The normalized spacial score (nSPS) is 21.3. The minimum atomic E-state index is -0.310. The molecule has 38 heavy (non-hydrogen) atoms. The van der Waals surface area contributed by atoms with Gasteiger partial charge in [0.25, 0.3) is 5.91 Å². The van der Waals surface area contributed by atoms with Gasteiger partial charge in [0.1, 0.15) is 27.3 Å². The van der Waals surface area contributed by atoms with Crippen molar-refractivity contribution in [3.63, 3.8) is 0 Å². The fourth-order valence-corrected chi connectivity index (χ4v) is 7.46. The summed E-state index contributed by atoms with van der Waals surface area (Å²) in [5.74, 6) is 1.46. The van der Waals surface area contributed by atoms with Gasteiger partial charge in [-0.05, 0) is 53.2 Å². The highest BCUT2D eigenvalue weighted by Gasteiger charge is 2.46. The zero-order chi connectivity index (χ0) is 26.8. The first kappa shape index (κ1) is 25.0. The molecule has 3 aliphatic rings. The number of hydrogen-bond donors (Lipinski definition) is 3. The Hall–Kier alpha value is -3.31. The highest BCUT2D eigenvalue weighted by molar-refractivity contribution is 7.15. The second kappa shape index (κ2) is 8.88. The molecule has 3 aromatic rings. The number of piperidine rings is 1. The van der Waals surface area contributed by atoms with Gasteiger partial charge >= 0.3 is 0 Å². The molecule has 1 atom stereocenters. The minimum absolute atomic E-state index is 0.0193. The molecule has 10 nitrogen and oxygen atoms in total. The summed E-state index contributed by atoms with van der Waals surface area (Å²) in [5, 5.41) is 0.210. The average molecular weight is 530 g/mol. The van der Waals surface area contributed by atoms with Crippen LogP contribution in [-0.2, 0) is 18.2 Å². The van der Waals surface area contributed by atoms with E-state index in [4.69, 9.17) is 21.9 Å². The maximum atomic E-state index is 13.4. The topological polar surface area (TPSA) is 150 Å². The van der Waals surface area contributed by atoms with Crippen LogP contribution in [0.25, 0.3) is 0 Å². The Kier molecular flexibility index (Phi) is 5.84. The number of carbonyl (C=O) groups excluding carboxylic acids is 1. The lowest BCUT2D eigenvalue weighted by Gasteiger charge is -2.42. The summed E-state index contributed by atoms with van der Waals surface area (Å²) < 4.78 is 5.42.